The van der Waals surface area contributed by atoms with Crippen molar-refractivity contribution in [3.8, 4) is 44.9 Å². The van der Waals surface area contributed by atoms with Crippen LogP contribution in [0.4, 0.5) is 5.69 Å². The molecule has 2 aliphatic rings. The number of carbonyl (C=O) groups is 1. The maximum Gasteiger partial charge on any atom is 0.259 e. The number of anilines is 1. The highest BCUT2D eigenvalue weighted by molar-refractivity contribution is 6.07. The van der Waals surface area contributed by atoms with E-state index >= 15 is 0 Å². The Balaban J connectivity index is 1.05. The molecular weight excluding hydrogens is 859 g/mol. The van der Waals surface area contributed by atoms with Gasteiger partial charge in [-0.3, -0.25) is 4.79 Å². The van der Waals surface area contributed by atoms with Gasteiger partial charge in [0.2, 0.25) is 0 Å². The first-order chi connectivity index (χ1) is 33.4. The topological polar surface area (TPSA) is 98.6 Å². The standard InChI is InChI=1S/C63H59N5O2/c1-36-11-15-38(16-12-36)56-49-26-24-47(65-49)48-25-27-50(66-48)57(39-17-13-37(2)14-18-39)52-29-31-54(68-52)58(53-30-28-51(56)67-53)40-19-22-43(23-20-40)64-60(69)44-33-42(62(6,7)8)35-46-59(44)70-55-32-21-41(61(3,4)5)34-45(55)63(46,9)10/h11-35,65,67-68H,1-10H3,(H,64,69). The van der Waals surface area contributed by atoms with Gasteiger partial charge in [0.1, 0.15) is 11.5 Å². The van der Waals surface area contributed by atoms with Gasteiger partial charge < -0.3 is 25.0 Å². The van der Waals surface area contributed by atoms with E-state index in [-0.39, 0.29) is 16.7 Å². The third kappa shape index (κ3) is 7.89. The number of ether oxygens (including phenoxy) is 1. The molecule has 0 saturated carbocycles. The molecule has 5 aromatic carbocycles. The molecule has 6 heterocycles. The Labute approximate surface area is 410 Å². The summed E-state index contributed by atoms with van der Waals surface area (Å²) >= 11 is 0. The highest BCUT2D eigenvalue weighted by atomic mass is 16.5. The molecule has 2 aliphatic heterocycles. The van der Waals surface area contributed by atoms with Crippen molar-refractivity contribution in [2.24, 2.45) is 0 Å². The number of aryl methyl sites for hydroxylation is 2. The first-order valence-electron chi connectivity index (χ1n) is 24.3. The number of aromatic amines is 3. The quantitative estimate of drug-likeness (QED) is 0.138. The molecule has 4 aromatic heterocycles. The summed E-state index contributed by atoms with van der Waals surface area (Å²) < 4.78 is 6.76. The van der Waals surface area contributed by atoms with E-state index in [2.05, 4.69) is 223 Å². The van der Waals surface area contributed by atoms with Crippen LogP contribution in [-0.4, -0.2) is 25.8 Å². The van der Waals surface area contributed by atoms with Gasteiger partial charge in [-0.15, -0.1) is 0 Å². The minimum absolute atomic E-state index is 0.0221. The maximum absolute atomic E-state index is 14.7. The van der Waals surface area contributed by atoms with Crippen molar-refractivity contribution in [2.75, 3.05) is 5.32 Å². The van der Waals surface area contributed by atoms with Crippen molar-refractivity contribution in [1.29, 1.82) is 0 Å². The smallest absolute Gasteiger partial charge is 0.259 e. The SMILES string of the molecule is Cc1ccc(-c2c3nc(c4ccc([nH]4)c(-c4ccc(C)cc4)c4ccc([nH]4)c(-c4ccc(NC(=O)c5cc(C(C)(C)C)cc6c5Oc5ccc(C(C)(C)C)cc5C6(C)C)cc4)c4ccc2[nH]4)C=C3)cc1. The van der Waals surface area contributed by atoms with Gasteiger partial charge in [0.25, 0.3) is 5.91 Å². The summed E-state index contributed by atoms with van der Waals surface area (Å²) in [6, 6.07) is 49.1. The second-order valence-corrected chi connectivity index (χ2v) is 21.8. The van der Waals surface area contributed by atoms with E-state index in [1.54, 1.807) is 0 Å². The van der Waals surface area contributed by atoms with Crippen LogP contribution in [0.25, 0.3) is 78.6 Å². The summed E-state index contributed by atoms with van der Waals surface area (Å²) in [6.07, 6.45) is 4.20. The van der Waals surface area contributed by atoms with Crippen LogP contribution >= 0.6 is 0 Å². The van der Waals surface area contributed by atoms with Crippen LogP contribution in [0.3, 0.4) is 0 Å². The average molecular weight is 918 g/mol. The average Bonchev–Trinajstić information content (AvgIpc) is 4.17. The Bertz CT molecular complexity index is 3710. The number of amides is 1. The number of fused-ring (bicyclic) bond motifs is 11. The number of rotatable bonds is 5. The predicted molar refractivity (Wildman–Crippen MR) is 291 cm³/mol. The number of H-pyrrole nitrogens is 3. The Morgan fingerprint density at radius 3 is 1.51 bits per heavy atom. The van der Waals surface area contributed by atoms with Gasteiger partial charge in [0.15, 0.2) is 0 Å². The number of hydrogen-bond acceptors (Lipinski definition) is 3. The maximum atomic E-state index is 14.7. The minimum Gasteiger partial charge on any atom is -0.456 e. The van der Waals surface area contributed by atoms with Crippen LogP contribution < -0.4 is 10.1 Å². The summed E-state index contributed by atoms with van der Waals surface area (Å²) in [5.41, 5.74) is 21.1. The van der Waals surface area contributed by atoms with Crippen molar-refractivity contribution in [1.82, 2.24) is 19.9 Å². The molecule has 8 bridgehead atoms. The van der Waals surface area contributed by atoms with Gasteiger partial charge in [-0.25, -0.2) is 4.98 Å². The highest BCUT2D eigenvalue weighted by Gasteiger charge is 2.39. The predicted octanol–water partition coefficient (Wildman–Crippen LogP) is 16.6. The van der Waals surface area contributed by atoms with E-state index in [1.165, 1.54) is 16.7 Å². The van der Waals surface area contributed by atoms with Gasteiger partial charge >= 0.3 is 0 Å². The molecule has 9 aromatic rings. The van der Waals surface area contributed by atoms with Crippen LogP contribution in [0.1, 0.15) is 111 Å². The number of hydrogen-bond donors (Lipinski definition) is 4. The lowest BCUT2D eigenvalue weighted by molar-refractivity contribution is 0.102. The Morgan fingerprint density at radius 1 is 0.514 bits per heavy atom. The van der Waals surface area contributed by atoms with Gasteiger partial charge in [-0.1, -0.05) is 145 Å². The van der Waals surface area contributed by atoms with Crippen LogP contribution in [0, 0.1) is 13.8 Å². The molecule has 4 N–H and O–H groups in total. The van der Waals surface area contributed by atoms with Crippen molar-refractivity contribution in [3.05, 3.63) is 190 Å². The van der Waals surface area contributed by atoms with E-state index in [4.69, 9.17) is 9.72 Å². The van der Waals surface area contributed by atoms with Crippen molar-refractivity contribution < 1.29 is 9.53 Å². The van der Waals surface area contributed by atoms with E-state index in [0.29, 0.717) is 17.0 Å². The zero-order valence-electron chi connectivity index (χ0n) is 41.7. The lowest BCUT2D eigenvalue weighted by Crippen LogP contribution is -2.28. The number of benzene rings is 5. The molecule has 0 saturated heterocycles. The summed E-state index contributed by atoms with van der Waals surface area (Å²) in [5.74, 6) is 1.16. The van der Waals surface area contributed by atoms with Crippen molar-refractivity contribution in [2.45, 2.75) is 85.5 Å². The molecule has 0 radical (unpaired) electrons. The fourth-order valence-electron chi connectivity index (χ4n) is 10.1. The lowest BCUT2D eigenvalue weighted by Gasteiger charge is -2.38. The number of aromatic nitrogens is 4. The first-order valence-corrected chi connectivity index (χ1v) is 24.3. The molecule has 0 unspecified atom stereocenters. The van der Waals surface area contributed by atoms with Gasteiger partial charge in [0, 0.05) is 66.5 Å². The lowest BCUT2D eigenvalue weighted by atomic mass is 9.71. The number of nitrogens with one attached hydrogen (secondary N) is 4. The molecule has 348 valence electrons. The first kappa shape index (κ1) is 44.6. The van der Waals surface area contributed by atoms with Gasteiger partial charge in [-0.2, -0.15) is 0 Å². The zero-order chi connectivity index (χ0) is 48.9. The monoisotopic (exact) mass is 917 g/mol. The van der Waals surface area contributed by atoms with E-state index in [9.17, 15) is 4.79 Å². The molecule has 0 spiro atoms. The zero-order valence-corrected chi connectivity index (χ0v) is 41.7. The molecule has 7 heteroatoms. The Hall–Kier alpha value is -7.90. The number of carbonyl (C=O) groups excluding carboxylic acids is 1. The Morgan fingerprint density at radius 2 is 0.971 bits per heavy atom. The van der Waals surface area contributed by atoms with Crippen molar-refractivity contribution in [3.63, 3.8) is 0 Å². The molecule has 0 atom stereocenters. The number of nitrogens with zero attached hydrogens (tertiary/aromatic N) is 1. The van der Waals surface area contributed by atoms with Gasteiger partial charge in [-0.05, 0) is 125 Å². The molecule has 70 heavy (non-hydrogen) atoms. The van der Waals surface area contributed by atoms with E-state index < -0.39 is 5.41 Å². The highest BCUT2D eigenvalue weighted by Crippen LogP contribution is 2.51. The Kier molecular flexibility index (Phi) is 10.4. The summed E-state index contributed by atoms with van der Waals surface area (Å²) in [4.78, 5) is 31.4. The molecular formula is C63H59N5O2. The largest absolute Gasteiger partial charge is 0.456 e. The van der Waals surface area contributed by atoms with Crippen LogP contribution in [-0.2, 0) is 16.2 Å². The van der Waals surface area contributed by atoms with Crippen LogP contribution in [0.15, 0.2) is 140 Å². The van der Waals surface area contributed by atoms with Crippen LogP contribution in [0.2, 0.25) is 0 Å². The van der Waals surface area contributed by atoms with Gasteiger partial charge in [0.05, 0.1) is 22.5 Å². The van der Waals surface area contributed by atoms with E-state index in [0.717, 1.165) is 100 Å². The third-order valence-electron chi connectivity index (χ3n) is 14.3. The normalized spacial score (nSPS) is 13.5. The fraction of sp³-hybridized carbons (Fsp3) is 0.206. The van der Waals surface area contributed by atoms with Crippen molar-refractivity contribution >= 4 is 56.8 Å². The summed E-state index contributed by atoms with van der Waals surface area (Å²) in [7, 11) is 0. The van der Waals surface area contributed by atoms with E-state index in [1.807, 2.05) is 18.2 Å². The van der Waals surface area contributed by atoms with Crippen LogP contribution in [0.5, 0.6) is 11.5 Å². The second-order valence-electron chi connectivity index (χ2n) is 21.8. The molecule has 11 rings (SSSR count). The fourth-order valence-corrected chi connectivity index (χ4v) is 10.1. The molecule has 0 fully saturated rings. The third-order valence-corrected chi connectivity index (χ3v) is 14.3. The molecule has 7 nitrogen and oxygen atoms in total. The minimum atomic E-state index is -0.412. The summed E-state index contributed by atoms with van der Waals surface area (Å²) in [6.45, 7) is 22.0. The molecule has 0 aliphatic carbocycles. The molecule has 1 amide bonds. The second kappa shape index (κ2) is 16.4. The summed E-state index contributed by atoms with van der Waals surface area (Å²) in [5, 5.41) is 3.27.